The van der Waals surface area contributed by atoms with Gasteiger partial charge in [0.25, 0.3) is 5.91 Å². The minimum atomic E-state index is -4.46. The molecule has 0 aliphatic carbocycles. The van der Waals surface area contributed by atoms with Gasteiger partial charge in [0.2, 0.25) is 0 Å². The van der Waals surface area contributed by atoms with E-state index in [0.717, 1.165) is 12.1 Å². The summed E-state index contributed by atoms with van der Waals surface area (Å²) in [5.41, 5.74) is 4.41. The van der Waals surface area contributed by atoms with Crippen LogP contribution in [-0.4, -0.2) is 17.4 Å². The maximum Gasteiger partial charge on any atom is 0.416 e. The zero-order valence-corrected chi connectivity index (χ0v) is 10.8. The van der Waals surface area contributed by atoms with Gasteiger partial charge in [0.15, 0.2) is 0 Å². The number of carbonyl (C=O) groups excluding carboxylic acids is 1. The van der Waals surface area contributed by atoms with E-state index in [2.05, 4.69) is 17.5 Å². The standard InChI is InChI=1S/C12H13F3N2OS/c13-12(14,15)9-4-1-3-8(7-9)11(18)17-6-2-5-10(16)19/h1,3-4,7H,2,5-6H2,(H2,16,19)(H,17,18). The van der Waals surface area contributed by atoms with Crippen molar-refractivity contribution in [1.82, 2.24) is 5.32 Å². The molecule has 7 heteroatoms. The van der Waals surface area contributed by atoms with Crippen LogP contribution in [0.4, 0.5) is 13.2 Å². The monoisotopic (exact) mass is 290 g/mol. The Balaban J connectivity index is 2.60. The van der Waals surface area contributed by atoms with Gasteiger partial charge < -0.3 is 11.1 Å². The third-order valence-electron chi connectivity index (χ3n) is 2.34. The molecule has 1 aromatic carbocycles. The lowest BCUT2D eigenvalue weighted by Crippen LogP contribution is -2.25. The van der Waals surface area contributed by atoms with Crippen molar-refractivity contribution in [3.05, 3.63) is 35.4 Å². The summed E-state index contributed by atoms with van der Waals surface area (Å²) < 4.78 is 37.4. The molecular formula is C12H13F3N2OS. The Labute approximate surface area is 114 Å². The third-order valence-corrected chi connectivity index (χ3v) is 2.54. The number of carbonyl (C=O) groups is 1. The Hall–Kier alpha value is -1.63. The molecule has 0 saturated carbocycles. The predicted octanol–water partition coefficient (Wildman–Crippen LogP) is 2.50. The van der Waals surface area contributed by atoms with Crippen LogP contribution < -0.4 is 11.1 Å². The Morgan fingerprint density at radius 1 is 1.37 bits per heavy atom. The molecule has 0 spiro atoms. The molecule has 1 rings (SSSR count). The fourth-order valence-corrected chi connectivity index (χ4v) is 1.55. The Morgan fingerprint density at radius 3 is 2.63 bits per heavy atom. The molecule has 0 saturated heterocycles. The van der Waals surface area contributed by atoms with Gasteiger partial charge in [0.05, 0.1) is 10.6 Å². The van der Waals surface area contributed by atoms with Crippen molar-refractivity contribution in [1.29, 1.82) is 0 Å². The van der Waals surface area contributed by atoms with E-state index in [1.54, 1.807) is 0 Å². The zero-order valence-electron chi connectivity index (χ0n) is 9.96. The van der Waals surface area contributed by atoms with Crippen molar-refractivity contribution in [2.75, 3.05) is 6.54 Å². The average Bonchev–Trinajstić information content (AvgIpc) is 2.33. The lowest BCUT2D eigenvalue weighted by Gasteiger charge is -2.09. The normalized spacial score (nSPS) is 11.1. The molecule has 0 bridgehead atoms. The highest BCUT2D eigenvalue weighted by Crippen LogP contribution is 2.29. The first-order valence-electron chi connectivity index (χ1n) is 5.54. The molecule has 0 aromatic heterocycles. The van der Waals surface area contributed by atoms with E-state index in [4.69, 9.17) is 5.73 Å². The molecule has 0 aliphatic heterocycles. The highest BCUT2D eigenvalue weighted by Gasteiger charge is 2.30. The molecule has 104 valence electrons. The lowest BCUT2D eigenvalue weighted by atomic mass is 10.1. The van der Waals surface area contributed by atoms with Gasteiger partial charge in [0, 0.05) is 12.1 Å². The summed E-state index contributed by atoms with van der Waals surface area (Å²) in [4.78, 5) is 12.0. The molecule has 3 nitrogen and oxygen atoms in total. The number of hydrogen-bond acceptors (Lipinski definition) is 2. The molecule has 0 fully saturated rings. The zero-order chi connectivity index (χ0) is 14.5. The van der Waals surface area contributed by atoms with E-state index >= 15 is 0 Å². The molecule has 0 aliphatic rings. The van der Waals surface area contributed by atoms with Gasteiger partial charge in [0.1, 0.15) is 0 Å². The number of thiocarbonyl (C=S) groups is 1. The van der Waals surface area contributed by atoms with Crippen molar-refractivity contribution >= 4 is 23.1 Å². The fourth-order valence-electron chi connectivity index (χ4n) is 1.40. The van der Waals surface area contributed by atoms with Crippen LogP contribution in [0.5, 0.6) is 0 Å². The first-order chi connectivity index (χ1) is 8.80. The van der Waals surface area contributed by atoms with Gasteiger partial charge in [-0.3, -0.25) is 4.79 Å². The first-order valence-corrected chi connectivity index (χ1v) is 5.95. The summed E-state index contributed by atoms with van der Waals surface area (Å²) in [6, 6.07) is 4.28. The molecule has 0 unspecified atom stereocenters. The largest absolute Gasteiger partial charge is 0.416 e. The second-order valence-corrected chi connectivity index (χ2v) is 4.43. The van der Waals surface area contributed by atoms with E-state index in [1.165, 1.54) is 12.1 Å². The molecule has 0 atom stereocenters. The van der Waals surface area contributed by atoms with Gasteiger partial charge in [-0.05, 0) is 31.0 Å². The van der Waals surface area contributed by atoms with E-state index in [9.17, 15) is 18.0 Å². The van der Waals surface area contributed by atoms with E-state index in [1.807, 2.05) is 0 Å². The van der Waals surface area contributed by atoms with Gasteiger partial charge in [-0.2, -0.15) is 13.2 Å². The van der Waals surface area contributed by atoms with Gasteiger partial charge >= 0.3 is 6.18 Å². The summed E-state index contributed by atoms with van der Waals surface area (Å²) in [6.45, 7) is 0.312. The number of amides is 1. The van der Waals surface area contributed by atoms with Crippen LogP contribution >= 0.6 is 12.2 Å². The van der Waals surface area contributed by atoms with E-state index < -0.39 is 17.6 Å². The van der Waals surface area contributed by atoms with Crippen molar-refractivity contribution in [2.45, 2.75) is 19.0 Å². The van der Waals surface area contributed by atoms with Crippen LogP contribution in [0.25, 0.3) is 0 Å². The Bertz CT molecular complexity index is 474. The SMILES string of the molecule is NC(=S)CCCNC(=O)c1cccc(C(F)(F)F)c1. The third kappa shape index (κ3) is 5.25. The van der Waals surface area contributed by atoms with E-state index in [0.29, 0.717) is 24.4 Å². The van der Waals surface area contributed by atoms with Crippen molar-refractivity contribution in [3.8, 4) is 0 Å². The van der Waals surface area contributed by atoms with Crippen LogP contribution in [0, 0.1) is 0 Å². The molecule has 1 aromatic rings. The Kier molecular flexibility index (Phi) is 5.29. The summed E-state index contributed by atoms with van der Waals surface area (Å²) in [7, 11) is 0. The number of nitrogens with one attached hydrogen (secondary N) is 1. The summed E-state index contributed by atoms with van der Waals surface area (Å²) in [6.07, 6.45) is -3.42. The van der Waals surface area contributed by atoms with Crippen LogP contribution in [0.15, 0.2) is 24.3 Å². The number of nitrogens with two attached hydrogens (primary N) is 1. The maximum atomic E-state index is 12.5. The van der Waals surface area contributed by atoms with Crippen LogP contribution in [0.2, 0.25) is 0 Å². The molecular weight excluding hydrogens is 277 g/mol. The highest BCUT2D eigenvalue weighted by atomic mass is 32.1. The van der Waals surface area contributed by atoms with Gasteiger partial charge in [-0.25, -0.2) is 0 Å². The predicted molar refractivity (Wildman–Crippen MR) is 69.8 cm³/mol. The molecule has 3 N–H and O–H groups in total. The van der Waals surface area contributed by atoms with Crippen molar-refractivity contribution in [3.63, 3.8) is 0 Å². The van der Waals surface area contributed by atoms with E-state index in [-0.39, 0.29) is 5.56 Å². The minimum absolute atomic E-state index is 0.0230. The quantitative estimate of drug-likeness (QED) is 0.647. The first kappa shape index (κ1) is 15.4. The van der Waals surface area contributed by atoms with Crippen molar-refractivity contribution in [2.24, 2.45) is 5.73 Å². The maximum absolute atomic E-state index is 12.5. The second-order valence-electron chi connectivity index (χ2n) is 3.90. The van der Waals surface area contributed by atoms with Crippen LogP contribution in [0.3, 0.4) is 0 Å². The number of benzene rings is 1. The highest BCUT2D eigenvalue weighted by molar-refractivity contribution is 7.80. The second kappa shape index (κ2) is 6.51. The van der Waals surface area contributed by atoms with Crippen molar-refractivity contribution < 1.29 is 18.0 Å². The molecule has 0 heterocycles. The van der Waals surface area contributed by atoms with Gasteiger partial charge in [-0.15, -0.1) is 0 Å². The van der Waals surface area contributed by atoms with Crippen LogP contribution in [-0.2, 0) is 6.18 Å². The molecule has 19 heavy (non-hydrogen) atoms. The number of alkyl halides is 3. The van der Waals surface area contributed by atoms with Gasteiger partial charge in [-0.1, -0.05) is 18.3 Å². The Morgan fingerprint density at radius 2 is 2.05 bits per heavy atom. The lowest BCUT2D eigenvalue weighted by molar-refractivity contribution is -0.137. The summed E-state index contributed by atoms with van der Waals surface area (Å²) in [5, 5.41) is 2.51. The fraction of sp³-hybridized carbons (Fsp3) is 0.333. The minimum Gasteiger partial charge on any atom is -0.393 e. The average molecular weight is 290 g/mol. The topological polar surface area (TPSA) is 55.1 Å². The number of rotatable bonds is 5. The van der Waals surface area contributed by atoms with Crippen LogP contribution in [0.1, 0.15) is 28.8 Å². The number of halogens is 3. The molecule has 1 amide bonds. The summed E-state index contributed by atoms with van der Waals surface area (Å²) in [5.74, 6) is -0.547. The molecule has 0 radical (unpaired) electrons. The smallest absolute Gasteiger partial charge is 0.393 e. The number of hydrogen-bond donors (Lipinski definition) is 2. The summed E-state index contributed by atoms with van der Waals surface area (Å²) >= 11 is 4.67.